The third-order valence-electron chi connectivity index (χ3n) is 1.32. The van der Waals surface area contributed by atoms with E-state index in [0.29, 0.717) is 5.71 Å². The van der Waals surface area contributed by atoms with Gasteiger partial charge in [-0.2, -0.15) is 0 Å². The normalized spacial score (nSPS) is 10.4. The van der Waals surface area contributed by atoms with Crippen molar-refractivity contribution in [3.8, 4) is 0 Å². The van der Waals surface area contributed by atoms with Gasteiger partial charge in [0, 0.05) is 17.7 Å². The van der Waals surface area contributed by atoms with Gasteiger partial charge >= 0.3 is 0 Å². The molecule has 0 fully saturated rings. The maximum atomic E-state index is 4.81. The van der Waals surface area contributed by atoms with Crippen molar-refractivity contribution in [3.63, 3.8) is 0 Å². The van der Waals surface area contributed by atoms with Gasteiger partial charge in [0.25, 0.3) is 5.71 Å². The van der Waals surface area contributed by atoms with Gasteiger partial charge in [-0.1, -0.05) is 6.58 Å². The molecule has 0 saturated heterocycles. The molecule has 0 atom stereocenters. The zero-order valence-corrected chi connectivity index (χ0v) is 5.19. The third-order valence-corrected chi connectivity index (χ3v) is 1.32. The number of nitrogens with zero attached hydrogens (tertiary/aromatic N) is 3. The van der Waals surface area contributed by atoms with Crippen molar-refractivity contribution in [1.82, 2.24) is 14.9 Å². The Morgan fingerprint density at radius 3 is 3.40 bits per heavy atom. The van der Waals surface area contributed by atoms with Crippen LogP contribution in [0.1, 0.15) is 0 Å². The summed E-state index contributed by atoms with van der Waals surface area (Å²) in [7, 11) is 0. The minimum atomic E-state index is 0.634. The molecule has 2 heterocycles. The SMILES string of the molecule is C=Cn1ccc2nnoc21. The predicted molar refractivity (Wildman–Crippen MR) is 36.2 cm³/mol. The fourth-order valence-corrected chi connectivity index (χ4v) is 0.839. The first kappa shape index (κ1) is 5.22. The molecule has 2 rings (SSSR count). The van der Waals surface area contributed by atoms with Gasteiger partial charge in [-0.3, -0.25) is 4.57 Å². The Kier molecular flexibility index (Phi) is 0.887. The van der Waals surface area contributed by atoms with Crippen LogP contribution in [0.2, 0.25) is 0 Å². The maximum absolute atomic E-state index is 4.81. The van der Waals surface area contributed by atoms with Crippen LogP contribution in [-0.2, 0) is 0 Å². The summed E-state index contributed by atoms with van der Waals surface area (Å²) in [6, 6.07) is 1.81. The molecule has 0 saturated carbocycles. The van der Waals surface area contributed by atoms with Gasteiger partial charge < -0.3 is 4.52 Å². The van der Waals surface area contributed by atoms with Crippen LogP contribution in [0.25, 0.3) is 17.4 Å². The van der Waals surface area contributed by atoms with Gasteiger partial charge in [0.1, 0.15) is 0 Å². The van der Waals surface area contributed by atoms with Crippen molar-refractivity contribution < 1.29 is 4.52 Å². The van der Waals surface area contributed by atoms with Gasteiger partial charge in [-0.25, -0.2) is 0 Å². The van der Waals surface area contributed by atoms with Gasteiger partial charge in [0.15, 0.2) is 5.52 Å². The standard InChI is InChI=1S/C6H5N3O/c1-2-9-4-3-5-6(9)10-8-7-5/h2-4H,1H2. The molecule has 0 amide bonds. The lowest BCUT2D eigenvalue weighted by molar-refractivity contribution is 0.414. The highest BCUT2D eigenvalue weighted by atomic mass is 16.5. The van der Waals surface area contributed by atoms with E-state index < -0.39 is 0 Å². The lowest BCUT2D eigenvalue weighted by Crippen LogP contribution is -1.77. The minimum Gasteiger partial charge on any atom is -0.317 e. The molecule has 0 aliphatic rings. The summed E-state index contributed by atoms with van der Waals surface area (Å²) < 4.78 is 6.53. The van der Waals surface area contributed by atoms with Gasteiger partial charge in [0.2, 0.25) is 0 Å². The Hall–Kier alpha value is -1.58. The summed E-state index contributed by atoms with van der Waals surface area (Å²) in [5.41, 5.74) is 1.38. The van der Waals surface area contributed by atoms with E-state index >= 15 is 0 Å². The summed E-state index contributed by atoms with van der Waals surface area (Å²) >= 11 is 0. The number of rotatable bonds is 1. The minimum absolute atomic E-state index is 0.634. The molecule has 0 bridgehead atoms. The van der Waals surface area contributed by atoms with Crippen molar-refractivity contribution in [3.05, 3.63) is 18.8 Å². The first-order valence-corrected chi connectivity index (χ1v) is 2.83. The summed E-state index contributed by atoms with van der Waals surface area (Å²) in [4.78, 5) is 0. The van der Waals surface area contributed by atoms with Crippen LogP contribution in [0, 0.1) is 0 Å². The molecular formula is C6H5N3O. The van der Waals surface area contributed by atoms with Gasteiger partial charge in [0.05, 0.1) is 0 Å². The molecule has 0 unspecified atom stereocenters. The molecule has 2 aromatic heterocycles. The topological polar surface area (TPSA) is 43.9 Å². The number of aromatic nitrogens is 3. The van der Waals surface area contributed by atoms with E-state index in [9.17, 15) is 0 Å². The number of fused-ring (bicyclic) bond motifs is 1. The number of hydrogen-bond acceptors (Lipinski definition) is 3. The third kappa shape index (κ3) is 0.500. The molecule has 0 aliphatic heterocycles. The number of hydrogen-bond donors (Lipinski definition) is 0. The van der Waals surface area contributed by atoms with Crippen LogP contribution < -0.4 is 0 Å². The molecule has 4 nitrogen and oxygen atoms in total. The fraction of sp³-hybridized carbons (Fsp3) is 0. The zero-order chi connectivity index (χ0) is 6.97. The quantitative estimate of drug-likeness (QED) is 0.588. The molecule has 10 heavy (non-hydrogen) atoms. The summed E-state index contributed by atoms with van der Waals surface area (Å²) in [5.74, 6) is 0. The van der Waals surface area contributed by atoms with E-state index in [0.717, 1.165) is 5.52 Å². The highest BCUT2D eigenvalue weighted by Crippen LogP contribution is 2.10. The smallest absolute Gasteiger partial charge is 0.263 e. The maximum Gasteiger partial charge on any atom is 0.263 e. The van der Waals surface area contributed by atoms with E-state index in [-0.39, 0.29) is 0 Å². The molecule has 0 radical (unpaired) electrons. The van der Waals surface area contributed by atoms with Crippen molar-refractivity contribution in [1.29, 1.82) is 0 Å². The lowest BCUT2D eigenvalue weighted by atomic mass is 10.6. The highest BCUT2D eigenvalue weighted by molar-refractivity contribution is 5.70. The van der Waals surface area contributed by atoms with Crippen molar-refractivity contribution >= 4 is 17.4 Å². The van der Waals surface area contributed by atoms with Crippen molar-refractivity contribution in [2.75, 3.05) is 0 Å². The Bertz CT molecular complexity index is 360. The van der Waals surface area contributed by atoms with E-state index in [2.05, 4.69) is 16.9 Å². The Morgan fingerprint density at radius 2 is 2.60 bits per heavy atom. The second-order valence-corrected chi connectivity index (χ2v) is 1.87. The van der Waals surface area contributed by atoms with Crippen LogP contribution in [-0.4, -0.2) is 14.9 Å². The van der Waals surface area contributed by atoms with Gasteiger partial charge in [-0.05, 0) is 6.07 Å². The average Bonchev–Trinajstić information content (AvgIpc) is 2.44. The molecule has 50 valence electrons. The Morgan fingerprint density at radius 1 is 1.70 bits per heavy atom. The summed E-state index contributed by atoms with van der Waals surface area (Å²) in [6.07, 6.45) is 3.45. The molecule has 4 heteroatoms. The van der Waals surface area contributed by atoms with Crippen LogP contribution >= 0.6 is 0 Å². The molecule has 0 N–H and O–H groups in total. The Labute approximate surface area is 56.7 Å². The van der Waals surface area contributed by atoms with Crippen molar-refractivity contribution in [2.45, 2.75) is 0 Å². The van der Waals surface area contributed by atoms with Crippen molar-refractivity contribution in [2.24, 2.45) is 0 Å². The predicted octanol–water partition coefficient (Wildman–Crippen LogP) is 1.12. The van der Waals surface area contributed by atoms with E-state index in [1.165, 1.54) is 0 Å². The monoisotopic (exact) mass is 135 g/mol. The van der Waals surface area contributed by atoms with Crippen LogP contribution in [0.5, 0.6) is 0 Å². The van der Waals surface area contributed by atoms with E-state index in [1.807, 2.05) is 12.3 Å². The lowest BCUT2D eigenvalue weighted by Gasteiger charge is -1.85. The summed E-state index contributed by atoms with van der Waals surface area (Å²) in [6.45, 7) is 3.58. The first-order chi connectivity index (χ1) is 4.92. The zero-order valence-electron chi connectivity index (χ0n) is 5.19. The van der Waals surface area contributed by atoms with Crippen LogP contribution in [0.4, 0.5) is 0 Å². The van der Waals surface area contributed by atoms with E-state index in [4.69, 9.17) is 4.52 Å². The first-order valence-electron chi connectivity index (χ1n) is 2.83. The second kappa shape index (κ2) is 1.70. The van der Waals surface area contributed by atoms with Gasteiger partial charge in [-0.15, -0.1) is 5.10 Å². The second-order valence-electron chi connectivity index (χ2n) is 1.87. The fourth-order valence-electron chi connectivity index (χ4n) is 0.839. The van der Waals surface area contributed by atoms with Crippen LogP contribution in [0.15, 0.2) is 23.4 Å². The summed E-state index contributed by atoms with van der Waals surface area (Å²) in [5, 5.41) is 7.08. The average molecular weight is 135 g/mol. The van der Waals surface area contributed by atoms with Crippen LogP contribution in [0.3, 0.4) is 0 Å². The largest absolute Gasteiger partial charge is 0.317 e. The molecular weight excluding hydrogens is 130 g/mol. The molecule has 0 spiro atoms. The Balaban J connectivity index is 2.88. The molecule has 0 aliphatic carbocycles. The molecule has 2 aromatic rings. The van der Waals surface area contributed by atoms with E-state index in [1.54, 1.807) is 10.8 Å². The molecule has 0 aromatic carbocycles. The highest BCUT2D eigenvalue weighted by Gasteiger charge is 2.02.